The third-order valence-corrected chi connectivity index (χ3v) is 5.42. The van der Waals surface area contributed by atoms with Crippen molar-refractivity contribution in [1.82, 2.24) is 19.3 Å². The highest BCUT2D eigenvalue weighted by Crippen LogP contribution is 2.44. The number of aromatic amines is 1. The summed E-state index contributed by atoms with van der Waals surface area (Å²) in [5.41, 5.74) is 2.94. The van der Waals surface area contributed by atoms with E-state index in [1.165, 1.54) is 4.57 Å². The highest BCUT2D eigenvalue weighted by atomic mass is 79.9. The van der Waals surface area contributed by atoms with Crippen LogP contribution in [0.3, 0.4) is 0 Å². The molecule has 1 aliphatic heterocycles. The molecule has 1 N–H and O–H groups in total. The molecule has 1 atom stereocenters. The van der Waals surface area contributed by atoms with E-state index in [2.05, 4.69) is 26.0 Å². The van der Waals surface area contributed by atoms with Crippen LogP contribution in [0.15, 0.2) is 57.9 Å². The number of carbonyl (C=O) groups is 1. The molecule has 134 valence electrons. The number of halogens is 1. The Morgan fingerprint density at radius 1 is 1.19 bits per heavy atom. The smallest absolute Gasteiger partial charge is 0.339 e. The van der Waals surface area contributed by atoms with Crippen LogP contribution in [0.4, 0.5) is 0 Å². The first kappa shape index (κ1) is 16.1. The number of H-pyrrole nitrogens is 1. The molecule has 2 aromatic carbocycles. The fourth-order valence-corrected chi connectivity index (χ4v) is 4.11. The summed E-state index contributed by atoms with van der Waals surface area (Å²) in [6.07, 6.45) is 1.67. The number of hydrogen-bond acceptors (Lipinski definition) is 4. The van der Waals surface area contributed by atoms with Crippen molar-refractivity contribution in [3.8, 4) is 17.0 Å². The minimum Gasteiger partial charge on any atom is -0.422 e. The Bertz CT molecular complexity index is 1270. The zero-order valence-corrected chi connectivity index (χ0v) is 15.7. The molecule has 0 saturated heterocycles. The van der Waals surface area contributed by atoms with Gasteiger partial charge in [0.05, 0.1) is 11.2 Å². The first-order valence-electron chi connectivity index (χ1n) is 8.28. The summed E-state index contributed by atoms with van der Waals surface area (Å²) in [5, 5.41) is 4.19. The Morgan fingerprint density at radius 3 is 2.67 bits per heavy atom. The van der Waals surface area contributed by atoms with Crippen molar-refractivity contribution in [2.45, 2.75) is 6.04 Å². The lowest BCUT2D eigenvalue weighted by Crippen LogP contribution is -2.35. The predicted octanol–water partition coefficient (Wildman–Crippen LogP) is 3.00. The standard InChI is InChI=1S/C19H13BrN4O3/c1-23-13(7-8-21-23)11-9-12(20)14-16-17(11)27-18(25)15(24(16)19(26)22-14)10-5-3-2-4-6-10/h2-9,15H,1H3,(H,22,26). The van der Waals surface area contributed by atoms with Gasteiger partial charge in [0.15, 0.2) is 11.8 Å². The summed E-state index contributed by atoms with van der Waals surface area (Å²) in [5.74, 6) is -0.144. The Morgan fingerprint density at radius 2 is 1.96 bits per heavy atom. The summed E-state index contributed by atoms with van der Waals surface area (Å²) < 4.78 is 9.63. The van der Waals surface area contributed by atoms with Gasteiger partial charge in [-0.2, -0.15) is 5.10 Å². The monoisotopic (exact) mass is 424 g/mol. The van der Waals surface area contributed by atoms with Gasteiger partial charge in [-0.05, 0) is 33.6 Å². The van der Waals surface area contributed by atoms with E-state index in [1.807, 2.05) is 49.5 Å². The maximum absolute atomic E-state index is 12.9. The second-order valence-corrected chi connectivity index (χ2v) is 7.19. The normalized spacial score (nSPS) is 15.9. The van der Waals surface area contributed by atoms with Gasteiger partial charge in [0.1, 0.15) is 5.52 Å². The van der Waals surface area contributed by atoms with Crippen LogP contribution >= 0.6 is 15.9 Å². The highest BCUT2D eigenvalue weighted by Gasteiger charge is 2.36. The molecule has 0 amide bonds. The molecular weight excluding hydrogens is 412 g/mol. The van der Waals surface area contributed by atoms with Gasteiger partial charge >= 0.3 is 11.7 Å². The summed E-state index contributed by atoms with van der Waals surface area (Å²) in [7, 11) is 1.81. The Labute approximate surface area is 161 Å². The van der Waals surface area contributed by atoms with Gasteiger partial charge in [-0.1, -0.05) is 30.3 Å². The van der Waals surface area contributed by atoms with E-state index in [0.29, 0.717) is 32.4 Å². The molecule has 8 heteroatoms. The van der Waals surface area contributed by atoms with E-state index in [4.69, 9.17) is 4.74 Å². The van der Waals surface area contributed by atoms with Gasteiger partial charge in [0.2, 0.25) is 0 Å². The third kappa shape index (κ3) is 2.23. The molecule has 4 aromatic rings. The van der Waals surface area contributed by atoms with Gasteiger partial charge in [0, 0.05) is 23.3 Å². The average Bonchev–Trinajstić information content (AvgIpc) is 3.23. The number of aromatic nitrogens is 4. The van der Waals surface area contributed by atoms with Crippen LogP contribution in [0.25, 0.3) is 22.3 Å². The Balaban J connectivity index is 1.89. The number of nitrogens with zero attached hydrogens (tertiary/aromatic N) is 3. The Kier molecular flexibility index (Phi) is 3.38. The number of imidazole rings is 1. The van der Waals surface area contributed by atoms with E-state index in [-0.39, 0.29) is 5.69 Å². The maximum atomic E-state index is 12.9. The van der Waals surface area contributed by atoms with E-state index in [1.54, 1.807) is 10.9 Å². The van der Waals surface area contributed by atoms with Crippen LogP contribution in [0.2, 0.25) is 0 Å². The number of esters is 1. The first-order valence-corrected chi connectivity index (χ1v) is 9.07. The molecule has 0 saturated carbocycles. The summed E-state index contributed by atoms with van der Waals surface area (Å²) >= 11 is 3.53. The van der Waals surface area contributed by atoms with Crippen molar-refractivity contribution in [3.05, 3.63) is 69.2 Å². The number of aryl methyl sites for hydroxylation is 1. The van der Waals surface area contributed by atoms with Crippen LogP contribution in [0.5, 0.6) is 5.75 Å². The first-order chi connectivity index (χ1) is 13.1. The van der Waals surface area contributed by atoms with Crippen LogP contribution in [0.1, 0.15) is 11.6 Å². The van der Waals surface area contributed by atoms with Crippen LogP contribution < -0.4 is 10.4 Å². The molecule has 0 radical (unpaired) electrons. The fourth-order valence-electron chi connectivity index (χ4n) is 3.60. The molecule has 0 bridgehead atoms. The third-order valence-electron chi connectivity index (χ3n) is 4.79. The average molecular weight is 425 g/mol. The van der Waals surface area contributed by atoms with E-state index < -0.39 is 12.0 Å². The van der Waals surface area contributed by atoms with Gasteiger partial charge < -0.3 is 9.72 Å². The second kappa shape index (κ2) is 5.68. The maximum Gasteiger partial charge on any atom is 0.339 e. The van der Waals surface area contributed by atoms with Crippen molar-refractivity contribution >= 4 is 32.9 Å². The van der Waals surface area contributed by atoms with Crippen LogP contribution in [0, 0.1) is 0 Å². The molecule has 5 rings (SSSR count). The SMILES string of the molecule is Cn1nccc1-c1cc(Br)c2[nH]c(=O)n3c2c1OC(=O)C3c1ccccc1. The van der Waals surface area contributed by atoms with E-state index in [9.17, 15) is 9.59 Å². The molecule has 0 fully saturated rings. The lowest BCUT2D eigenvalue weighted by molar-refractivity contribution is -0.137. The lowest BCUT2D eigenvalue weighted by Gasteiger charge is -2.25. The van der Waals surface area contributed by atoms with E-state index in [0.717, 1.165) is 5.69 Å². The quantitative estimate of drug-likeness (QED) is 0.396. The highest BCUT2D eigenvalue weighted by molar-refractivity contribution is 9.10. The number of nitrogens with one attached hydrogen (secondary N) is 1. The minimum atomic E-state index is -0.839. The molecule has 7 nitrogen and oxygen atoms in total. The zero-order chi connectivity index (χ0) is 18.7. The van der Waals surface area contributed by atoms with Crippen molar-refractivity contribution < 1.29 is 9.53 Å². The van der Waals surface area contributed by atoms with Crippen molar-refractivity contribution in [3.63, 3.8) is 0 Å². The van der Waals surface area contributed by atoms with Crippen molar-refractivity contribution in [2.24, 2.45) is 7.05 Å². The second-order valence-electron chi connectivity index (χ2n) is 6.33. The molecule has 0 aliphatic carbocycles. The summed E-state index contributed by atoms with van der Waals surface area (Å²) in [4.78, 5) is 28.5. The number of rotatable bonds is 2. The number of carbonyl (C=O) groups excluding carboxylic acids is 1. The molecule has 1 unspecified atom stereocenters. The molecular formula is C19H13BrN4O3. The van der Waals surface area contributed by atoms with Crippen LogP contribution in [-0.4, -0.2) is 25.3 Å². The van der Waals surface area contributed by atoms with Crippen molar-refractivity contribution in [2.75, 3.05) is 0 Å². The fraction of sp³-hybridized carbons (Fsp3) is 0.105. The molecule has 0 spiro atoms. The number of ether oxygens (including phenoxy) is 1. The predicted molar refractivity (Wildman–Crippen MR) is 103 cm³/mol. The molecule has 3 heterocycles. The topological polar surface area (TPSA) is 81.9 Å². The van der Waals surface area contributed by atoms with Crippen molar-refractivity contribution in [1.29, 1.82) is 0 Å². The molecule has 27 heavy (non-hydrogen) atoms. The van der Waals surface area contributed by atoms with E-state index >= 15 is 0 Å². The van der Waals surface area contributed by atoms with Crippen LogP contribution in [-0.2, 0) is 11.8 Å². The summed E-state index contributed by atoms with van der Waals surface area (Å²) in [6, 6.07) is 11.9. The van der Waals surface area contributed by atoms with Gasteiger partial charge in [-0.25, -0.2) is 9.59 Å². The lowest BCUT2D eigenvalue weighted by atomic mass is 10.0. The zero-order valence-electron chi connectivity index (χ0n) is 14.1. The Hall–Kier alpha value is -3.13. The summed E-state index contributed by atoms with van der Waals surface area (Å²) in [6.45, 7) is 0. The molecule has 1 aliphatic rings. The van der Waals surface area contributed by atoms with Gasteiger partial charge in [-0.3, -0.25) is 9.25 Å². The van der Waals surface area contributed by atoms with Gasteiger partial charge in [0.25, 0.3) is 0 Å². The number of benzene rings is 2. The largest absolute Gasteiger partial charge is 0.422 e. The molecule has 2 aromatic heterocycles. The number of hydrogen-bond donors (Lipinski definition) is 1. The van der Waals surface area contributed by atoms with Gasteiger partial charge in [-0.15, -0.1) is 0 Å². The minimum absolute atomic E-state index is 0.354.